The van der Waals surface area contributed by atoms with Crippen molar-refractivity contribution in [2.75, 3.05) is 32.6 Å². The summed E-state index contributed by atoms with van der Waals surface area (Å²) in [4.78, 5) is 30.3. The fourth-order valence-electron chi connectivity index (χ4n) is 5.17. The highest BCUT2D eigenvalue weighted by Gasteiger charge is 2.61. The van der Waals surface area contributed by atoms with Crippen LogP contribution in [0.25, 0.3) is 0 Å². The predicted molar refractivity (Wildman–Crippen MR) is 149 cm³/mol. The second-order valence-electron chi connectivity index (χ2n) is 9.87. The van der Waals surface area contributed by atoms with Crippen molar-refractivity contribution in [2.24, 2.45) is 0 Å². The predicted octanol–water partition coefficient (Wildman–Crippen LogP) is 3.85. The van der Waals surface area contributed by atoms with Gasteiger partial charge in [0.1, 0.15) is 11.5 Å². The molecule has 226 valence electrons. The van der Waals surface area contributed by atoms with Gasteiger partial charge in [0, 0.05) is 25.2 Å². The van der Waals surface area contributed by atoms with Crippen LogP contribution < -0.4 is 13.8 Å². The summed E-state index contributed by atoms with van der Waals surface area (Å²) in [6.45, 7) is 1.55. The van der Waals surface area contributed by atoms with E-state index in [9.17, 15) is 36.4 Å². The average molecular weight is 617 g/mol. The molecule has 0 aromatic heterocycles. The Morgan fingerprint density at radius 2 is 1.65 bits per heavy atom. The second-order valence-corrected chi connectivity index (χ2v) is 11.7. The Morgan fingerprint density at radius 1 is 1.02 bits per heavy atom. The molecule has 1 aliphatic rings. The largest absolute Gasteiger partial charge is 0.573 e. The lowest BCUT2D eigenvalue weighted by atomic mass is 9.80. The van der Waals surface area contributed by atoms with Crippen molar-refractivity contribution < 1.29 is 40.7 Å². The van der Waals surface area contributed by atoms with Gasteiger partial charge in [-0.1, -0.05) is 18.2 Å². The van der Waals surface area contributed by atoms with E-state index < -0.39 is 50.4 Å². The van der Waals surface area contributed by atoms with Gasteiger partial charge >= 0.3 is 6.36 Å². The molecule has 1 aliphatic heterocycles. The number of carbonyl (C=O) groups is 2. The van der Waals surface area contributed by atoms with Crippen molar-refractivity contribution in [3.8, 4) is 17.6 Å². The van der Waals surface area contributed by atoms with Crippen LogP contribution in [0.3, 0.4) is 0 Å². The average Bonchev–Trinajstić information content (AvgIpc) is 3.23. The molecule has 10 nitrogen and oxygen atoms in total. The maximum absolute atomic E-state index is 14.8. The third kappa shape index (κ3) is 5.26. The van der Waals surface area contributed by atoms with E-state index in [1.165, 1.54) is 56.3 Å². The molecule has 14 heteroatoms. The fraction of sp³-hybridized carbons (Fsp3) is 0.276. The first-order chi connectivity index (χ1) is 20.1. The molecule has 1 unspecified atom stereocenters. The molecule has 0 saturated heterocycles. The molecule has 0 saturated carbocycles. The minimum Gasteiger partial charge on any atom is -0.496 e. The zero-order valence-corrected chi connectivity index (χ0v) is 24.5. The number of anilines is 1. The summed E-state index contributed by atoms with van der Waals surface area (Å²) >= 11 is 0. The first kappa shape index (κ1) is 31.3. The van der Waals surface area contributed by atoms with Gasteiger partial charge in [-0.25, -0.2) is 12.7 Å². The Hall–Kier alpha value is -4.61. The number of fused-ring (bicyclic) bond motifs is 1. The maximum atomic E-state index is 14.8. The quantitative estimate of drug-likeness (QED) is 0.375. The topological polar surface area (TPSA) is 120 Å². The van der Waals surface area contributed by atoms with Crippen LogP contribution in [0.5, 0.6) is 11.5 Å². The zero-order valence-electron chi connectivity index (χ0n) is 23.7. The highest BCUT2D eigenvalue weighted by atomic mass is 32.2. The van der Waals surface area contributed by atoms with Crippen LogP contribution in [-0.2, 0) is 25.2 Å². The van der Waals surface area contributed by atoms with Gasteiger partial charge in [0.2, 0.25) is 5.91 Å². The Balaban J connectivity index is 2.03. The van der Waals surface area contributed by atoms with E-state index in [2.05, 4.69) is 4.74 Å². The fourth-order valence-corrected chi connectivity index (χ4v) is 6.63. The monoisotopic (exact) mass is 616 g/mol. The van der Waals surface area contributed by atoms with Gasteiger partial charge in [-0.3, -0.25) is 14.5 Å². The van der Waals surface area contributed by atoms with Crippen molar-refractivity contribution >= 4 is 27.5 Å². The zero-order chi connectivity index (χ0) is 31.9. The highest BCUT2D eigenvalue weighted by molar-refractivity contribution is 7.93. The van der Waals surface area contributed by atoms with E-state index in [1.807, 2.05) is 6.07 Å². The summed E-state index contributed by atoms with van der Waals surface area (Å²) in [5, 5.41) is 9.74. The van der Waals surface area contributed by atoms with Crippen LogP contribution >= 0.6 is 0 Å². The number of alkyl halides is 3. The third-order valence-corrected chi connectivity index (χ3v) is 8.94. The Labute approximate surface area is 246 Å². The van der Waals surface area contributed by atoms with E-state index in [4.69, 9.17) is 4.74 Å². The number of nitriles is 1. The summed E-state index contributed by atoms with van der Waals surface area (Å²) < 4.78 is 76.3. The Morgan fingerprint density at radius 3 is 2.21 bits per heavy atom. The molecule has 0 fully saturated rings. The molecule has 4 rings (SSSR count). The lowest BCUT2D eigenvalue weighted by Gasteiger charge is -2.42. The smallest absolute Gasteiger partial charge is 0.496 e. The summed E-state index contributed by atoms with van der Waals surface area (Å²) in [6.07, 6.45) is -5.00. The number of sulfonamides is 1. The van der Waals surface area contributed by atoms with Gasteiger partial charge < -0.3 is 14.4 Å². The molecule has 1 heterocycles. The van der Waals surface area contributed by atoms with Gasteiger partial charge in [0.05, 0.1) is 35.4 Å². The van der Waals surface area contributed by atoms with Crippen molar-refractivity contribution in [3.05, 3.63) is 83.4 Å². The second kappa shape index (κ2) is 11.2. The molecule has 0 aliphatic carbocycles. The highest BCUT2D eigenvalue weighted by Crippen LogP contribution is 2.52. The molecule has 0 spiro atoms. The van der Waals surface area contributed by atoms with Crippen LogP contribution in [0.1, 0.15) is 23.6 Å². The Kier molecular flexibility index (Phi) is 8.18. The number of para-hydroxylation sites is 1. The third-order valence-electron chi connectivity index (χ3n) is 7.23. The van der Waals surface area contributed by atoms with E-state index in [0.717, 1.165) is 24.3 Å². The number of ether oxygens (including phenoxy) is 2. The van der Waals surface area contributed by atoms with Gasteiger partial charge in [-0.05, 0) is 62.5 Å². The standard InChI is InChI=1S/C29H27F3N4O6S/c1-18(26(37)34(2)3)35(4)28(22-8-6-7-9-25(22)41-5)23-16-19(17-33)10-15-24(23)36(27(28)38)43(39,40)21-13-11-20(12-14-21)42-29(30,31)32/h6-16,18H,1-5H3/t18?,28-/m1/s1. The SMILES string of the molecule is COc1ccccc1[C@]1(N(C)C(C)C(=O)N(C)C)C(=O)N(S(=O)(=O)c2ccc(OC(F)(F)F)cc2)c2ccc(C#N)cc21. The minimum atomic E-state index is -5.00. The number of amides is 2. The summed E-state index contributed by atoms with van der Waals surface area (Å²) in [7, 11) is 1.14. The lowest BCUT2D eigenvalue weighted by molar-refractivity contribution is -0.274. The number of likely N-dealkylation sites (N-methyl/N-ethyl adjacent to an activating group) is 2. The number of nitrogens with zero attached hydrogens (tertiary/aromatic N) is 4. The number of carbonyl (C=O) groups excluding carboxylic acids is 2. The van der Waals surface area contributed by atoms with Crippen molar-refractivity contribution in [1.82, 2.24) is 9.80 Å². The van der Waals surface area contributed by atoms with Crippen LogP contribution in [-0.4, -0.2) is 70.7 Å². The Bertz CT molecular complexity index is 1720. The minimum absolute atomic E-state index is 0.0857. The molecule has 2 atom stereocenters. The number of benzene rings is 3. The number of hydrogen-bond donors (Lipinski definition) is 0. The number of halogens is 3. The summed E-state index contributed by atoms with van der Waals surface area (Å²) in [5.74, 6) is -1.87. The maximum Gasteiger partial charge on any atom is 0.573 e. The first-order valence-corrected chi connectivity index (χ1v) is 14.1. The van der Waals surface area contributed by atoms with E-state index in [1.54, 1.807) is 31.2 Å². The normalized spacial score (nSPS) is 17.3. The number of rotatable bonds is 8. The van der Waals surface area contributed by atoms with Gasteiger partial charge in [-0.15, -0.1) is 13.2 Å². The van der Waals surface area contributed by atoms with Crippen molar-refractivity contribution in [2.45, 2.75) is 29.8 Å². The van der Waals surface area contributed by atoms with Crippen LogP contribution in [0, 0.1) is 11.3 Å². The molecule has 3 aromatic rings. The van der Waals surface area contributed by atoms with Crippen LogP contribution in [0.2, 0.25) is 0 Å². The lowest BCUT2D eigenvalue weighted by Crippen LogP contribution is -2.59. The van der Waals surface area contributed by atoms with E-state index in [-0.39, 0.29) is 28.1 Å². The van der Waals surface area contributed by atoms with E-state index >= 15 is 0 Å². The van der Waals surface area contributed by atoms with Gasteiger partial charge in [-0.2, -0.15) is 5.26 Å². The summed E-state index contributed by atoms with van der Waals surface area (Å²) in [5.41, 5.74) is -1.72. The molecular weight excluding hydrogens is 589 g/mol. The van der Waals surface area contributed by atoms with Gasteiger partial charge in [0.25, 0.3) is 15.9 Å². The molecule has 0 bridgehead atoms. The first-order valence-electron chi connectivity index (χ1n) is 12.7. The van der Waals surface area contributed by atoms with Crippen LogP contribution in [0.4, 0.5) is 18.9 Å². The van der Waals surface area contributed by atoms with Crippen molar-refractivity contribution in [1.29, 1.82) is 5.26 Å². The number of hydrogen-bond acceptors (Lipinski definition) is 8. The molecule has 2 amide bonds. The molecule has 43 heavy (non-hydrogen) atoms. The van der Waals surface area contributed by atoms with Crippen LogP contribution in [0.15, 0.2) is 71.6 Å². The van der Waals surface area contributed by atoms with Crippen molar-refractivity contribution in [3.63, 3.8) is 0 Å². The molecule has 0 N–H and O–H groups in total. The molecule has 0 radical (unpaired) electrons. The summed E-state index contributed by atoms with van der Waals surface area (Å²) in [6, 6.07) is 14.8. The molecule has 3 aromatic carbocycles. The van der Waals surface area contributed by atoms with E-state index in [0.29, 0.717) is 4.31 Å². The van der Waals surface area contributed by atoms with Gasteiger partial charge in [0.15, 0.2) is 5.54 Å². The molecular formula is C29H27F3N4O6S. The number of methoxy groups -OCH3 is 1.